The number of nitrogens with one attached hydrogen (secondary N) is 2. The van der Waals surface area contributed by atoms with E-state index >= 15 is 0 Å². The van der Waals surface area contributed by atoms with Gasteiger partial charge in [-0.1, -0.05) is 17.7 Å². The molecule has 0 saturated carbocycles. The molecule has 116 valence electrons. The Balaban J connectivity index is 1.85. The monoisotopic (exact) mass is 319 g/mol. The average molecular weight is 319 g/mol. The van der Waals surface area contributed by atoms with E-state index in [-0.39, 0.29) is 23.8 Å². The second-order valence-electron chi connectivity index (χ2n) is 4.74. The summed E-state index contributed by atoms with van der Waals surface area (Å²) in [7, 11) is -3.59. The molecular formula is C15H17N3O3S. The molecule has 1 amide bonds. The Morgan fingerprint density at radius 1 is 1.09 bits per heavy atom. The highest BCUT2D eigenvalue weighted by Crippen LogP contribution is 2.10. The van der Waals surface area contributed by atoms with Crippen LogP contribution in [0, 0.1) is 6.92 Å². The SMILES string of the molecule is Cc1ccc(S(=O)(=O)NCCC(=O)Nc2ccncc2)cc1. The molecule has 0 aliphatic carbocycles. The maximum atomic E-state index is 12.0. The third-order valence-corrected chi connectivity index (χ3v) is 4.42. The van der Waals surface area contributed by atoms with Crippen LogP contribution in [-0.2, 0) is 14.8 Å². The minimum Gasteiger partial charge on any atom is -0.326 e. The van der Waals surface area contributed by atoms with Gasteiger partial charge in [-0.3, -0.25) is 9.78 Å². The van der Waals surface area contributed by atoms with Gasteiger partial charge in [0.15, 0.2) is 0 Å². The molecule has 0 aliphatic rings. The standard InChI is InChI=1S/C15H17N3O3S/c1-12-2-4-14(5-3-12)22(20,21)17-11-8-15(19)18-13-6-9-16-10-7-13/h2-7,9-10,17H,8,11H2,1H3,(H,16,18,19). The molecular weight excluding hydrogens is 302 g/mol. The Morgan fingerprint density at radius 3 is 2.36 bits per heavy atom. The molecule has 0 atom stereocenters. The van der Waals surface area contributed by atoms with E-state index in [1.807, 2.05) is 6.92 Å². The van der Waals surface area contributed by atoms with Crippen LogP contribution in [0.2, 0.25) is 0 Å². The number of carbonyl (C=O) groups is 1. The zero-order valence-electron chi connectivity index (χ0n) is 12.1. The molecule has 0 aliphatic heterocycles. The van der Waals surface area contributed by atoms with E-state index in [0.717, 1.165) is 5.56 Å². The van der Waals surface area contributed by atoms with Gasteiger partial charge in [-0.15, -0.1) is 0 Å². The van der Waals surface area contributed by atoms with Gasteiger partial charge >= 0.3 is 0 Å². The minimum atomic E-state index is -3.59. The highest BCUT2D eigenvalue weighted by Gasteiger charge is 2.13. The van der Waals surface area contributed by atoms with E-state index in [1.54, 1.807) is 36.7 Å². The Hall–Kier alpha value is -2.25. The zero-order valence-corrected chi connectivity index (χ0v) is 12.9. The Kier molecular flexibility index (Phi) is 5.24. The molecule has 7 heteroatoms. The maximum absolute atomic E-state index is 12.0. The van der Waals surface area contributed by atoms with Gasteiger partial charge in [-0.25, -0.2) is 13.1 Å². The molecule has 2 rings (SSSR count). The second-order valence-corrected chi connectivity index (χ2v) is 6.51. The van der Waals surface area contributed by atoms with Gasteiger partial charge in [0.25, 0.3) is 0 Å². The lowest BCUT2D eigenvalue weighted by atomic mass is 10.2. The van der Waals surface area contributed by atoms with Crippen molar-refractivity contribution in [3.63, 3.8) is 0 Å². The summed E-state index contributed by atoms with van der Waals surface area (Å²) in [4.78, 5) is 15.7. The van der Waals surface area contributed by atoms with E-state index in [9.17, 15) is 13.2 Å². The smallest absolute Gasteiger partial charge is 0.240 e. The van der Waals surface area contributed by atoms with Crippen LogP contribution in [0.25, 0.3) is 0 Å². The third-order valence-electron chi connectivity index (χ3n) is 2.94. The van der Waals surface area contributed by atoms with Crippen molar-refractivity contribution in [3.8, 4) is 0 Å². The molecule has 1 aromatic carbocycles. The molecule has 0 saturated heterocycles. The minimum absolute atomic E-state index is 0.0348. The lowest BCUT2D eigenvalue weighted by molar-refractivity contribution is -0.116. The van der Waals surface area contributed by atoms with E-state index in [1.165, 1.54) is 12.1 Å². The predicted molar refractivity (Wildman–Crippen MR) is 83.9 cm³/mol. The van der Waals surface area contributed by atoms with Crippen molar-refractivity contribution in [3.05, 3.63) is 54.4 Å². The van der Waals surface area contributed by atoms with Crippen LogP contribution in [-0.4, -0.2) is 25.9 Å². The molecule has 0 bridgehead atoms. The van der Waals surface area contributed by atoms with Crippen molar-refractivity contribution >= 4 is 21.6 Å². The van der Waals surface area contributed by atoms with E-state index in [0.29, 0.717) is 5.69 Å². The van der Waals surface area contributed by atoms with Crippen LogP contribution < -0.4 is 10.0 Å². The number of hydrogen-bond donors (Lipinski definition) is 2. The maximum Gasteiger partial charge on any atom is 0.240 e. The lowest BCUT2D eigenvalue weighted by Crippen LogP contribution is -2.27. The molecule has 0 spiro atoms. The van der Waals surface area contributed by atoms with Crippen molar-refractivity contribution in [2.24, 2.45) is 0 Å². The largest absolute Gasteiger partial charge is 0.326 e. The third kappa shape index (κ3) is 4.64. The number of rotatable bonds is 6. The number of amides is 1. The lowest BCUT2D eigenvalue weighted by Gasteiger charge is -2.07. The molecule has 1 heterocycles. The molecule has 22 heavy (non-hydrogen) atoms. The number of nitrogens with zero attached hydrogens (tertiary/aromatic N) is 1. The van der Waals surface area contributed by atoms with E-state index < -0.39 is 10.0 Å². The van der Waals surface area contributed by atoms with Crippen LogP contribution >= 0.6 is 0 Å². The van der Waals surface area contributed by atoms with Crippen molar-refractivity contribution in [1.82, 2.24) is 9.71 Å². The summed E-state index contributed by atoms with van der Waals surface area (Å²) in [6.07, 6.45) is 3.18. The molecule has 2 aromatic rings. The molecule has 0 unspecified atom stereocenters. The van der Waals surface area contributed by atoms with Gasteiger partial charge in [0.05, 0.1) is 4.90 Å². The Bertz CT molecular complexity index is 728. The predicted octanol–water partition coefficient (Wildman–Crippen LogP) is 1.70. The number of hydrogen-bond acceptors (Lipinski definition) is 4. The summed E-state index contributed by atoms with van der Waals surface area (Å²) in [6, 6.07) is 9.85. The Labute approximate surface area is 129 Å². The van der Waals surface area contributed by atoms with Gasteiger partial charge in [-0.05, 0) is 31.2 Å². The van der Waals surface area contributed by atoms with Crippen LogP contribution in [0.15, 0.2) is 53.7 Å². The van der Waals surface area contributed by atoms with Crippen LogP contribution in [0.4, 0.5) is 5.69 Å². The van der Waals surface area contributed by atoms with Crippen LogP contribution in [0.1, 0.15) is 12.0 Å². The fraction of sp³-hybridized carbons (Fsp3) is 0.200. The molecule has 2 N–H and O–H groups in total. The number of pyridine rings is 1. The average Bonchev–Trinajstić information content (AvgIpc) is 2.48. The first-order valence-electron chi connectivity index (χ1n) is 6.73. The Morgan fingerprint density at radius 2 is 1.73 bits per heavy atom. The number of benzene rings is 1. The van der Waals surface area contributed by atoms with E-state index in [4.69, 9.17) is 0 Å². The van der Waals surface area contributed by atoms with Crippen molar-refractivity contribution < 1.29 is 13.2 Å². The van der Waals surface area contributed by atoms with Crippen molar-refractivity contribution in [2.75, 3.05) is 11.9 Å². The summed E-state index contributed by atoms with van der Waals surface area (Å²) in [5.41, 5.74) is 1.61. The van der Waals surface area contributed by atoms with Crippen LogP contribution in [0.3, 0.4) is 0 Å². The van der Waals surface area contributed by atoms with Gasteiger partial charge in [-0.2, -0.15) is 0 Å². The van der Waals surface area contributed by atoms with Crippen LogP contribution in [0.5, 0.6) is 0 Å². The highest BCUT2D eigenvalue weighted by molar-refractivity contribution is 7.89. The van der Waals surface area contributed by atoms with Gasteiger partial charge in [0.2, 0.25) is 15.9 Å². The molecule has 1 aromatic heterocycles. The number of sulfonamides is 1. The summed E-state index contributed by atoms with van der Waals surface area (Å²) in [5, 5.41) is 2.66. The van der Waals surface area contributed by atoms with Gasteiger partial charge in [0.1, 0.15) is 0 Å². The molecule has 0 fully saturated rings. The summed E-state index contributed by atoms with van der Waals surface area (Å²) in [6.45, 7) is 1.92. The van der Waals surface area contributed by atoms with Gasteiger partial charge < -0.3 is 5.32 Å². The molecule has 0 radical (unpaired) electrons. The number of aryl methyl sites for hydroxylation is 1. The second kappa shape index (κ2) is 7.15. The van der Waals surface area contributed by atoms with Gasteiger partial charge in [0, 0.05) is 31.0 Å². The highest BCUT2D eigenvalue weighted by atomic mass is 32.2. The normalized spacial score (nSPS) is 11.1. The first-order valence-corrected chi connectivity index (χ1v) is 8.22. The van der Waals surface area contributed by atoms with Crippen molar-refractivity contribution in [1.29, 1.82) is 0 Å². The number of anilines is 1. The summed E-state index contributed by atoms with van der Waals surface area (Å²) in [5.74, 6) is -0.266. The fourth-order valence-electron chi connectivity index (χ4n) is 1.76. The number of aromatic nitrogens is 1. The quantitative estimate of drug-likeness (QED) is 0.848. The fourth-order valence-corrected chi connectivity index (χ4v) is 2.79. The topological polar surface area (TPSA) is 88.2 Å². The zero-order chi connectivity index (χ0) is 16.0. The molecule has 6 nitrogen and oxygen atoms in total. The van der Waals surface area contributed by atoms with E-state index in [2.05, 4.69) is 15.0 Å². The number of carbonyl (C=O) groups excluding carboxylic acids is 1. The summed E-state index contributed by atoms with van der Waals surface area (Å²) < 4.78 is 26.5. The van der Waals surface area contributed by atoms with Crippen molar-refractivity contribution in [2.45, 2.75) is 18.2 Å². The summed E-state index contributed by atoms with van der Waals surface area (Å²) >= 11 is 0. The first kappa shape index (κ1) is 16.1. The first-order chi connectivity index (χ1) is 10.5.